The van der Waals surface area contributed by atoms with Crippen LogP contribution in [0.3, 0.4) is 0 Å². The third-order valence-electron chi connectivity index (χ3n) is 3.42. The summed E-state index contributed by atoms with van der Waals surface area (Å²) in [6.45, 7) is 0. The molecule has 2 heterocycles. The molecule has 1 fully saturated rings. The van der Waals surface area contributed by atoms with Crippen molar-refractivity contribution >= 4 is 5.82 Å². The summed E-state index contributed by atoms with van der Waals surface area (Å²) < 4.78 is 38.8. The molecule has 0 aliphatic heterocycles. The van der Waals surface area contributed by atoms with E-state index in [1.165, 1.54) is 6.07 Å². The number of rotatable bonds is 3. The lowest BCUT2D eigenvalue weighted by molar-refractivity contribution is -0.141. The minimum Gasteiger partial charge on any atom is -0.391 e. The van der Waals surface area contributed by atoms with E-state index in [2.05, 4.69) is 20.6 Å². The Bertz CT molecular complexity index is 598. The Morgan fingerprint density at radius 1 is 1.29 bits per heavy atom. The summed E-state index contributed by atoms with van der Waals surface area (Å²) in [5, 5.41) is 23.5. The monoisotopic (exact) mass is 299 g/mol. The number of halogens is 3. The average Bonchev–Trinajstić information content (AvgIpc) is 2.91. The molecule has 0 bridgehead atoms. The minimum atomic E-state index is -4.50. The summed E-state index contributed by atoms with van der Waals surface area (Å²) in [6, 6.07) is 3.39. The number of aliphatic hydroxyl groups is 1. The second-order valence-electron chi connectivity index (χ2n) is 4.83. The summed E-state index contributed by atoms with van der Waals surface area (Å²) >= 11 is 0. The fourth-order valence-corrected chi connectivity index (χ4v) is 2.32. The highest BCUT2D eigenvalue weighted by molar-refractivity contribution is 5.36. The molecular formula is C12H12F3N5O. The lowest BCUT2D eigenvalue weighted by Gasteiger charge is -2.42. The number of hydrogen-bond acceptors (Lipinski definition) is 5. The van der Waals surface area contributed by atoms with Crippen LogP contribution in [0.15, 0.2) is 30.6 Å². The van der Waals surface area contributed by atoms with Gasteiger partial charge in [-0.3, -0.25) is 4.68 Å². The molecule has 6 nitrogen and oxygen atoms in total. The van der Waals surface area contributed by atoms with Gasteiger partial charge in [-0.2, -0.15) is 18.3 Å². The van der Waals surface area contributed by atoms with E-state index in [0.29, 0.717) is 6.42 Å². The predicted octanol–water partition coefficient (Wildman–Crippen LogP) is 1.48. The minimum absolute atomic E-state index is 0.161. The molecule has 21 heavy (non-hydrogen) atoms. The van der Waals surface area contributed by atoms with Crippen molar-refractivity contribution in [2.75, 3.05) is 5.32 Å². The average molecular weight is 299 g/mol. The molecule has 2 aromatic heterocycles. The zero-order chi connectivity index (χ0) is 15.0. The Kier molecular flexibility index (Phi) is 3.28. The SMILES string of the molecule is O[C@@H]1C[C@H](Nc2ccc(C(F)(F)F)nn2)[C@H]1n1cccn1. The fraction of sp³-hybridized carbons (Fsp3) is 0.417. The second kappa shape index (κ2) is 4.99. The maximum atomic E-state index is 12.4. The van der Waals surface area contributed by atoms with Crippen LogP contribution in [0.5, 0.6) is 0 Å². The van der Waals surface area contributed by atoms with E-state index < -0.39 is 18.0 Å². The van der Waals surface area contributed by atoms with Gasteiger partial charge in [0.2, 0.25) is 0 Å². The Balaban J connectivity index is 1.70. The molecule has 1 aliphatic rings. The Morgan fingerprint density at radius 2 is 2.10 bits per heavy atom. The van der Waals surface area contributed by atoms with Crippen LogP contribution in [0.4, 0.5) is 19.0 Å². The zero-order valence-corrected chi connectivity index (χ0v) is 10.7. The largest absolute Gasteiger partial charge is 0.435 e. The van der Waals surface area contributed by atoms with Crippen LogP contribution in [-0.4, -0.2) is 37.2 Å². The van der Waals surface area contributed by atoms with Crippen molar-refractivity contribution in [1.82, 2.24) is 20.0 Å². The molecule has 3 rings (SSSR count). The quantitative estimate of drug-likeness (QED) is 0.898. The second-order valence-corrected chi connectivity index (χ2v) is 4.83. The van der Waals surface area contributed by atoms with Gasteiger partial charge in [0.15, 0.2) is 5.69 Å². The maximum absolute atomic E-state index is 12.4. The van der Waals surface area contributed by atoms with Gasteiger partial charge in [0.25, 0.3) is 0 Å². The van der Waals surface area contributed by atoms with Gasteiger partial charge in [-0.25, -0.2) is 0 Å². The summed E-state index contributed by atoms with van der Waals surface area (Å²) in [7, 11) is 0. The number of anilines is 1. The maximum Gasteiger partial charge on any atom is 0.435 e. The van der Waals surface area contributed by atoms with Crippen LogP contribution in [0.1, 0.15) is 18.2 Å². The van der Waals surface area contributed by atoms with Crippen molar-refractivity contribution in [1.29, 1.82) is 0 Å². The molecule has 0 amide bonds. The first-order chi connectivity index (χ1) is 9.95. The summed E-state index contributed by atoms with van der Waals surface area (Å²) in [5.74, 6) is 0.233. The van der Waals surface area contributed by atoms with E-state index in [1.807, 2.05) is 0 Å². The zero-order valence-electron chi connectivity index (χ0n) is 10.7. The summed E-state index contributed by atoms with van der Waals surface area (Å²) in [4.78, 5) is 0. The Morgan fingerprint density at radius 3 is 2.62 bits per heavy atom. The molecule has 2 N–H and O–H groups in total. The normalized spacial score (nSPS) is 25.4. The Labute approximate surface area is 117 Å². The lowest BCUT2D eigenvalue weighted by atomic mass is 9.83. The molecule has 0 unspecified atom stereocenters. The topological polar surface area (TPSA) is 75.9 Å². The van der Waals surface area contributed by atoms with Crippen molar-refractivity contribution in [3.05, 3.63) is 36.3 Å². The molecule has 3 atom stereocenters. The van der Waals surface area contributed by atoms with Crippen molar-refractivity contribution in [2.45, 2.75) is 30.8 Å². The van der Waals surface area contributed by atoms with Crippen LogP contribution in [0, 0.1) is 0 Å². The van der Waals surface area contributed by atoms with Crippen molar-refractivity contribution in [2.24, 2.45) is 0 Å². The van der Waals surface area contributed by atoms with Gasteiger partial charge in [-0.1, -0.05) is 0 Å². The highest BCUT2D eigenvalue weighted by Crippen LogP contribution is 2.34. The van der Waals surface area contributed by atoms with Crippen LogP contribution in [-0.2, 0) is 6.18 Å². The van der Waals surface area contributed by atoms with E-state index in [4.69, 9.17) is 0 Å². The van der Waals surface area contributed by atoms with Crippen LogP contribution >= 0.6 is 0 Å². The molecule has 2 aromatic rings. The predicted molar refractivity (Wildman–Crippen MR) is 66.3 cm³/mol. The summed E-state index contributed by atoms with van der Waals surface area (Å²) in [5.41, 5.74) is -1.04. The first-order valence-electron chi connectivity index (χ1n) is 6.30. The van der Waals surface area contributed by atoms with E-state index in [-0.39, 0.29) is 17.9 Å². The van der Waals surface area contributed by atoms with Crippen molar-refractivity contribution in [3.8, 4) is 0 Å². The van der Waals surface area contributed by atoms with E-state index in [9.17, 15) is 18.3 Å². The fourth-order valence-electron chi connectivity index (χ4n) is 2.32. The number of aromatic nitrogens is 4. The first-order valence-corrected chi connectivity index (χ1v) is 6.30. The van der Waals surface area contributed by atoms with Crippen LogP contribution < -0.4 is 5.32 Å². The molecule has 0 spiro atoms. The Hall–Kier alpha value is -2.16. The van der Waals surface area contributed by atoms with Gasteiger partial charge >= 0.3 is 6.18 Å². The molecule has 1 aliphatic carbocycles. The van der Waals surface area contributed by atoms with Gasteiger partial charge in [-0.15, -0.1) is 10.2 Å². The molecule has 1 saturated carbocycles. The summed E-state index contributed by atoms with van der Waals surface area (Å²) in [6.07, 6.45) is -1.27. The highest BCUT2D eigenvalue weighted by Gasteiger charge is 2.42. The number of aliphatic hydroxyl groups excluding tert-OH is 1. The molecule has 9 heteroatoms. The lowest BCUT2D eigenvalue weighted by Crippen LogP contribution is -2.51. The third kappa shape index (κ3) is 2.68. The van der Waals surface area contributed by atoms with Crippen LogP contribution in [0.2, 0.25) is 0 Å². The molecule has 0 saturated heterocycles. The smallest absolute Gasteiger partial charge is 0.391 e. The molecular weight excluding hydrogens is 287 g/mol. The first kappa shape index (κ1) is 13.8. The molecule has 0 aromatic carbocycles. The van der Waals surface area contributed by atoms with Gasteiger partial charge in [-0.05, 0) is 24.6 Å². The number of nitrogens with one attached hydrogen (secondary N) is 1. The van der Waals surface area contributed by atoms with Crippen molar-refractivity contribution < 1.29 is 18.3 Å². The molecule has 0 radical (unpaired) electrons. The van der Waals surface area contributed by atoms with Crippen LogP contribution in [0.25, 0.3) is 0 Å². The van der Waals surface area contributed by atoms with Gasteiger partial charge in [0.05, 0.1) is 18.2 Å². The highest BCUT2D eigenvalue weighted by atomic mass is 19.4. The van der Waals surface area contributed by atoms with E-state index in [1.54, 1.807) is 23.1 Å². The van der Waals surface area contributed by atoms with Gasteiger partial charge in [0, 0.05) is 12.4 Å². The number of hydrogen-bond donors (Lipinski definition) is 2. The van der Waals surface area contributed by atoms with Crippen molar-refractivity contribution in [3.63, 3.8) is 0 Å². The van der Waals surface area contributed by atoms with E-state index >= 15 is 0 Å². The third-order valence-corrected chi connectivity index (χ3v) is 3.42. The van der Waals surface area contributed by atoms with Gasteiger partial charge < -0.3 is 10.4 Å². The number of nitrogens with zero attached hydrogens (tertiary/aromatic N) is 4. The van der Waals surface area contributed by atoms with E-state index in [0.717, 1.165) is 6.07 Å². The molecule has 112 valence electrons. The standard InChI is InChI=1S/C12H12F3N5O/c13-12(14,15)9-2-3-10(19-18-9)17-7-6-8(21)11(7)20-5-1-4-16-20/h1-5,7-8,11,21H,6H2,(H,17,19)/t7-,8+,11+/m0/s1. The van der Waals surface area contributed by atoms with Gasteiger partial charge in [0.1, 0.15) is 5.82 Å². The number of alkyl halides is 3.